The average molecular weight is 375 g/mol. The maximum absolute atomic E-state index is 12.3. The lowest BCUT2D eigenvalue weighted by molar-refractivity contribution is -0.394. The molecule has 1 aliphatic rings. The van der Waals surface area contributed by atoms with Gasteiger partial charge in [-0.2, -0.15) is 0 Å². The number of nitro benzene ring substituents is 2. The SMILES string of the molecule is COC(=O)C1=C(C(=O)OC)N(c2cc([N+](=O)[O-])cc([N+](=O)[O-])c2)C=CC=C1. The number of nitrogens with zero attached hydrogens (tertiary/aromatic N) is 3. The van der Waals surface area contributed by atoms with Gasteiger partial charge < -0.3 is 14.4 Å². The van der Waals surface area contributed by atoms with Crippen LogP contribution in [0.25, 0.3) is 0 Å². The zero-order valence-electron chi connectivity index (χ0n) is 14.1. The van der Waals surface area contributed by atoms with E-state index in [1.807, 2.05) is 0 Å². The lowest BCUT2D eigenvalue weighted by Gasteiger charge is -2.22. The van der Waals surface area contributed by atoms with E-state index in [2.05, 4.69) is 4.74 Å². The second-order valence-corrected chi connectivity index (χ2v) is 5.04. The Bertz CT molecular complexity index is 884. The van der Waals surface area contributed by atoms with Crippen molar-refractivity contribution in [2.24, 2.45) is 0 Å². The van der Waals surface area contributed by atoms with Crippen LogP contribution < -0.4 is 4.90 Å². The van der Waals surface area contributed by atoms with Gasteiger partial charge in [0.1, 0.15) is 5.70 Å². The van der Waals surface area contributed by atoms with Gasteiger partial charge in [-0.15, -0.1) is 0 Å². The minimum atomic E-state index is -0.944. The smallest absolute Gasteiger partial charge is 0.355 e. The number of benzene rings is 1. The van der Waals surface area contributed by atoms with Gasteiger partial charge in [0, 0.05) is 18.3 Å². The quantitative estimate of drug-likeness (QED) is 0.429. The Labute approximate surface area is 152 Å². The Morgan fingerprint density at radius 3 is 1.96 bits per heavy atom. The van der Waals surface area contributed by atoms with Gasteiger partial charge in [-0.25, -0.2) is 9.59 Å². The molecule has 0 N–H and O–H groups in total. The standard InChI is InChI=1S/C16H13N3O8/c1-26-15(20)13-5-3-4-6-17(14(13)16(21)27-2)10-7-11(18(22)23)9-12(8-10)19(24)25/h3-9H,1-2H3. The fourth-order valence-corrected chi connectivity index (χ4v) is 2.30. The Balaban J connectivity index is 2.77. The monoisotopic (exact) mass is 375 g/mol. The van der Waals surface area contributed by atoms with Crippen LogP contribution in [0.4, 0.5) is 17.1 Å². The van der Waals surface area contributed by atoms with Gasteiger partial charge in [0.2, 0.25) is 0 Å². The van der Waals surface area contributed by atoms with E-state index in [1.165, 1.54) is 24.4 Å². The molecule has 140 valence electrons. The molecular weight excluding hydrogens is 362 g/mol. The Morgan fingerprint density at radius 2 is 1.48 bits per heavy atom. The minimum absolute atomic E-state index is 0.0855. The van der Waals surface area contributed by atoms with Crippen LogP contribution in [0.3, 0.4) is 0 Å². The highest BCUT2D eigenvalue weighted by Crippen LogP contribution is 2.32. The number of carbonyl (C=O) groups is 2. The highest BCUT2D eigenvalue weighted by Gasteiger charge is 2.29. The average Bonchev–Trinajstić information content (AvgIpc) is 2.89. The molecule has 0 saturated heterocycles. The number of non-ortho nitro benzene ring substituents is 2. The molecule has 0 saturated carbocycles. The Hall–Kier alpha value is -4.02. The molecule has 1 aromatic carbocycles. The summed E-state index contributed by atoms with van der Waals surface area (Å²) in [5.41, 5.74) is -1.72. The van der Waals surface area contributed by atoms with Crippen LogP contribution in [0.5, 0.6) is 0 Å². The number of hydrogen-bond acceptors (Lipinski definition) is 9. The maximum atomic E-state index is 12.3. The topological polar surface area (TPSA) is 142 Å². The lowest BCUT2D eigenvalue weighted by atomic mass is 10.1. The number of carbonyl (C=O) groups excluding carboxylic acids is 2. The zero-order chi connectivity index (χ0) is 20.1. The van der Waals surface area contributed by atoms with Gasteiger partial charge in [-0.1, -0.05) is 6.08 Å². The van der Waals surface area contributed by atoms with Crippen molar-refractivity contribution in [3.63, 3.8) is 0 Å². The summed E-state index contributed by atoms with van der Waals surface area (Å²) in [4.78, 5) is 46.1. The van der Waals surface area contributed by atoms with Crippen LogP contribution in [0.15, 0.2) is 53.9 Å². The van der Waals surface area contributed by atoms with E-state index in [-0.39, 0.29) is 17.0 Å². The molecule has 27 heavy (non-hydrogen) atoms. The molecule has 0 unspecified atom stereocenters. The molecule has 0 radical (unpaired) electrons. The molecule has 0 bridgehead atoms. The number of ether oxygens (including phenoxy) is 2. The minimum Gasteiger partial charge on any atom is -0.465 e. The van der Waals surface area contributed by atoms with Crippen LogP contribution in [-0.2, 0) is 19.1 Å². The fourth-order valence-electron chi connectivity index (χ4n) is 2.30. The number of rotatable bonds is 5. The van der Waals surface area contributed by atoms with Crippen molar-refractivity contribution in [2.75, 3.05) is 19.1 Å². The molecule has 0 spiro atoms. The summed E-state index contributed by atoms with van der Waals surface area (Å²) in [6.45, 7) is 0. The summed E-state index contributed by atoms with van der Waals surface area (Å²) >= 11 is 0. The molecule has 1 heterocycles. The van der Waals surface area contributed by atoms with E-state index in [0.29, 0.717) is 0 Å². The molecule has 0 fully saturated rings. The number of nitro groups is 2. The Morgan fingerprint density at radius 1 is 0.926 bits per heavy atom. The van der Waals surface area contributed by atoms with E-state index in [4.69, 9.17) is 4.74 Å². The van der Waals surface area contributed by atoms with Crippen LogP contribution in [-0.4, -0.2) is 36.0 Å². The van der Waals surface area contributed by atoms with Crippen LogP contribution in [0.2, 0.25) is 0 Å². The van der Waals surface area contributed by atoms with E-state index in [0.717, 1.165) is 37.3 Å². The summed E-state index contributed by atoms with van der Waals surface area (Å²) < 4.78 is 9.35. The first-order chi connectivity index (χ1) is 12.8. The van der Waals surface area contributed by atoms with Gasteiger partial charge in [-0.3, -0.25) is 20.2 Å². The molecule has 0 aliphatic carbocycles. The summed E-state index contributed by atoms with van der Waals surface area (Å²) in [5, 5.41) is 22.3. The molecule has 11 nitrogen and oxygen atoms in total. The van der Waals surface area contributed by atoms with Crippen LogP contribution >= 0.6 is 0 Å². The number of methoxy groups -OCH3 is 2. The summed E-state index contributed by atoms with van der Waals surface area (Å²) in [7, 11) is 2.19. The maximum Gasteiger partial charge on any atom is 0.355 e. The molecular formula is C16H13N3O8. The fraction of sp³-hybridized carbons (Fsp3) is 0.125. The van der Waals surface area contributed by atoms with Gasteiger partial charge in [-0.05, 0) is 12.2 Å². The second-order valence-electron chi connectivity index (χ2n) is 5.04. The number of hydrogen-bond donors (Lipinski definition) is 0. The highest BCUT2D eigenvalue weighted by atomic mass is 16.6. The van der Waals surface area contributed by atoms with E-state index in [1.54, 1.807) is 0 Å². The van der Waals surface area contributed by atoms with Gasteiger partial charge >= 0.3 is 11.9 Å². The predicted octanol–water partition coefficient (Wildman–Crippen LogP) is 1.99. The summed E-state index contributed by atoms with van der Waals surface area (Å²) in [6, 6.07) is 2.84. The number of esters is 2. The Kier molecular flexibility index (Phi) is 5.65. The molecule has 0 amide bonds. The first kappa shape index (κ1) is 19.3. The van der Waals surface area contributed by atoms with Crippen LogP contribution in [0.1, 0.15) is 0 Å². The largest absolute Gasteiger partial charge is 0.465 e. The van der Waals surface area contributed by atoms with Gasteiger partial charge in [0.25, 0.3) is 11.4 Å². The second kappa shape index (κ2) is 7.91. The van der Waals surface area contributed by atoms with E-state index < -0.39 is 33.2 Å². The summed E-state index contributed by atoms with van der Waals surface area (Å²) in [6.07, 6.45) is 5.46. The van der Waals surface area contributed by atoms with E-state index in [9.17, 15) is 29.8 Å². The predicted molar refractivity (Wildman–Crippen MR) is 91.6 cm³/mol. The summed E-state index contributed by atoms with van der Waals surface area (Å²) in [5.74, 6) is -1.80. The van der Waals surface area contributed by atoms with Crippen molar-refractivity contribution < 1.29 is 28.9 Å². The zero-order valence-corrected chi connectivity index (χ0v) is 14.1. The third-order valence-electron chi connectivity index (χ3n) is 3.48. The van der Waals surface area contributed by atoms with Gasteiger partial charge in [0.05, 0.1) is 41.4 Å². The highest BCUT2D eigenvalue weighted by molar-refractivity contribution is 6.05. The number of allylic oxidation sites excluding steroid dienone is 2. The third-order valence-corrected chi connectivity index (χ3v) is 3.48. The van der Waals surface area contributed by atoms with Crippen molar-refractivity contribution in [2.45, 2.75) is 0 Å². The van der Waals surface area contributed by atoms with Crippen molar-refractivity contribution >= 4 is 29.0 Å². The molecule has 0 atom stereocenters. The molecule has 11 heteroatoms. The molecule has 1 aromatic rings. The van der Waals surface area contributed by atoms with Crippen LogP contribution in [0, 0.1) is 20.2 Å². The molecule has 2 rings (SSSR count). The molecule has 1 aliphatic heterocycles. The molecule has 0 aromatic heterocycles. The first-order valence-electron chi connectivity index (χ1n) is 7.29. The third kappa shape index (κ3) is 3.98. The van der Waals surface area contributed by atoms with E-state index >= 15 is 0 Å². The normalized spacial score (nSPS) is 13.2. The van der Waals surface area contributed by atoms with Gasteiger partial charge in [0.15, 0.2) is 0 Å². The lowest BCUT2D eigenvalue weighted by Crippen LogP contribution is -2.27. The number of anilines is 1. The van der Waals surface area contributed by atoms with Crippen molar-refractivity contribution in [1.29, 1.82) is 0 Å². The first-order valence-corrected chi connectivity index (χ1v) is 7.29. The van der Waals surface area contributed by atoms with Crippen molar-refractivity contribution in [1.82, 2.24) is 0 Å². The van der Waals surface area contributed by atoms with Crippen molar-refractivity contribution in [3.05, 3.63) is 74.1 Å². The van der Waals surface area contributed by atoms with Crippen molar-refractivity contribution in [3.8, 4) is 0 Å².